The van der Waals surface area contributed by atoms with E-state index < -0.39 is 0 Å². The fourth-order valence-electron chi connectivity index (χ4n) is 5.98. The van der Waals surface area contributed by atoms with E-state index in [4.69, 9.17) is 0 Å². The number of hydrogen-bond donors (Lipinski definition) is 2. The Morgan fingerprint density at radius 3 is 2.47 bits per heavy atom. The number of allylic oxidation sites excluding steroid dienone is 1. The smallest absolute Gasteiger partial charge is 0.0609 e. The molecule has 0 spiro atoms. The molecule has 0 amide bonds. The van der Waals surface area contributed by atoms with Crippen molar-refractivity contribution in [2.24, 2.45) is 0 Å². The molecule has 2 N–H and O–H groups in total. The average Bonchev–Trinajstić information content (AvgIpc) is 3.26. The van der Waals surface area contributed by atoms with Crippen LogP contribution in [0.5, 0.6) is 0 Å². The molecule has 2 aliphatic rings. The Labute approximate surface area is 177 Å². The molecular formula is C28H26N2. The third-order valence-electron chi connectivity index (χ3n) is 7.10. The maximum atomic E-state index is 3.89. The number of benzene rings is 3. The van der Waals surface area contributed by atoms with Gasteiger partial charge in [-0.25, -0.2) is 0 Å². The van der Waals surface area contributed by atoms with Gasteiger partial charge in [0.1, 0.15) is 0 Å². The summed E-state index contributed by atoms with van der Waals surface area (Å²) in [5.74, 6) is 0.853. The number of rotatable bonds is 2. The second-order valence-corrected chi connectivity index (χ2v) is 9.03. The average molecular weight is 391 g/mol. The number of aryl methyl sites for hydroxylation is 1. The quantitative estimate of drug-likeness (QED) is 0.378. The van der Waals surface area contributed by atoms with Gasteiger partial charge < -0.3 is 10.3 Å². The lowest BCUT2D eigenvalue weighted by molar-refractivity contribution is 0.426. The molecule has 30 heavy (non-hydrogen) atoms. The molecular weight excluding hydrogens is 364 g/mol. The molecule has 2 heteroatoms. The molecule has 0 unspecified atom stereocenters. The zero-order valence-corrected chi connectivity index (χ0v) is 17.4. The van der Waals surface area contributed by atoms with Gasteiger partial charge in [-0.15, -0.1) is 0 Å². The zero-order chi connectivity index (χ0) is 20.3. The van der Waals surface area contributed by atoms with Crippen LogP contribution in [0.15, 0.2) is 84.9 Å². The van der Waals surface area contributed by atoms with Gasteiger partial charge in [0.2, 0.25) is 0 Å². The Bertz CT molecular complexity index is 1280. The third kappa shape index (κ3) is 2.50. The summed E-state index contributed by atoms with van der Waals surface area (Å²) >= 11 is 0. The lowest BCUT2D eigenvalue weighted by Crippen LogP contribution is -2.40. The van der Waals surface area contributed by atoms with E-state index in [1.54, 1.807) is 0 Å². The van der Waals surface area contributed by atoms with Crippen LogP contribution in [0.1, 0.15) is 47.6 Å². The minimum Gasteiger partial charge on any atom is -0.376 e. The molecule has 4 aromatic rings. The minimum absolute atomic E-state index is 0.109. The molecule has 6 rings (SSSR count). The van der Waals surface area contributed by atoms with E-state index in [0.717, 1.165) is 6.42 Å². The molecule has 0 bridgehead atoms. The van der Waals surface area contributed by atoms with Gasteiger partial charge in [-0.1, -0.05) is 72.8 Å². The largest absolute Gasteiger partial charge is 0.376 e. The molecule has 0 fully saturated rings. The van der Waals surface area contributed by atoms with Crippen LogP contribution in [0.2, 0.25) is 0 Å². The van der Waals surface area contributed by atoms with Gasteiger partial charge in [-0.2, -0.15) is 0 Å². The molecule has 1 aliphatic carbocycles. The number of aromatic amines is 1. The summed E-state index contributed by atoms with van der Waals surface area (Å²) < 4.78 is 0. The van der Waals surface area contributed by atoms with Gasteiger partial charge in [0.25, 0.3) is 0 Å². The molecule has 1 aliphatic heterocycles. The molecule has 3 atom stereocenters. The predicted octanol–water partition coefficient (Wildman–Crippen LogP) is 7.02. The second-order valence-electron chi connectivity index (χ2n) is 9.03. The van der Waals surface area contributed by atoms with Crippen LogP contribution in [0, 0.1) is 6.92 Å². The first-order valence-corrected chi connectivity index (χ1v) is 10.9. The zero-order valence-electron chi connectivity index (χ0n) is 17.4. The van der Waals surface area contributed by atoms with Crippen LogP contribution in [0.25, 0.3) is 16.5 Å². The summed E-state index contributed by atoms with van der Waals surface area (Å²) in [6.07, 6.45) is 3.56. The summed E-state index contributed by atoms with van der Waals surface area (Å²) in [7, 11) is 0. The van der Waals surface area contributed by atoms with Crippen molar-refractivity contribution in [3.63, 3.8) is 0 Å². The van der Waals surface area contributed by atoms with Crippen LogP contribution in [-0.4, -0.2) is 10.5 Å². The second kappa shape index (κ2) is 6.37. The number of nitrogens with one attached hydrogen (secondary N) is 2. The molecule has 2 nitrogen and oxygen atoms in total. The lowest BCUT2D eigenvalue weighted by Gasteiger charge is -2.41. The number of H-pyrrole nitrogens is 1. The number of aromatic nitrogens is 1. The highest BCUT2D eigenvalue weighted by Crippen LogP contribution is 2.57. The van der Waals surface area contributed by atoms with Crippen molar-refractivity contribution in [2.45, 2.75) is 37.6 Å². The number of para-hydroxylation sites is 2. The topological polar surface area (TPSA) is 27.8 Å². The van der Waals surface area contributed by atoms with Crippen molar-refractivity contribution >= 4 is 22.2 Å². The van der Waals surface area contributed by atoms with Crippen molar-refractivity contribution in [2.75, 3.05) is 5.32 Å². The summed E-state index contributed by atoms with van der Waals surface area (Å²) in [6, 6.07) is 28.6. The van der Waals surface area contributed by atoms with E-state index in [0.29, 0.717) is 11.8 Å². The van der Waals surface area contributed by atoms with E-state index in [1.807, 2.05) is 0 Å². The molecule has 0 radical (unpaired) electrons. The highest BCUT2D eigenvalue weighted by atomic mass is 15.0. The number of fused-ring (bicyclic) bond motifs is 4. The summed E-state index contributed by atoms with van der Waals surface area (Å²) in [5.41, 5.74) is 9.34. The van der Waals surface area contributed by atoms with Gasteiger partial charge in [-0.3, -0.25) is 0 Å². The van der Waals surface area contributed by atoms with E-state index >= 15 is 0 Å². The first kappa shape index (κ1) is 17.6. The van der Waals surface area contributed by atoms with Gasteiger partial charge >= 0.3 is 0 Å². The molecule has 0 saturated carbocycles. The first-order chi connectivity index (χ1) is 14.6. The van der Waals surface area contributed by atoms with Crippen LogP contribution in [-0.2, 0) is 0 Å². The molecule has 148 valence electrons. The van der Waals surface area contributed by atoms with Crippen LogP contribution in [0.4, 0.5) is 5.69 Å². The normalized spacial score (nSPS) is 24.8. The lowest BCUT2D eigenvalue weighted by atomic mass is 9.65. The number of anilines is 1. The van der Waals surface area contributed by atoms with E-state index in [1.165, 1.54) is 44.5 Å². The van der Waals surface area contributed by atoms with Crippen molar-refractivity contribution in [3.05, 3.63) is 107 Å². The summed E-state index contributed by atoms with van der Waals surface area (Å²) in [6.45, 7) is 4.58. The summed E-state index contributed by atoms with van der Waals surface area (Å²) in [4.78, 5) is 3.61. The van der Waals surface area contributed by atoms with Crippen molar-refractivity contribution in [3.8, 4) is 0 Å². The predicted molar refractivity (Wildman–Crippen MR) is 126 cm³/mol. The van der Waals surface area contributed by atoms with Crippen LogP contribution in [0.3, 0.4) is 0 Å². The summed E-state index contributed by atoms with van der Waals surface area (Å²) in [5, 5.41) is 5.21. The molecule has 2 heterocycles. The van der Waals surface area contributed by atoms with Gasteiger partial charge in [0.15, 0.2) is 0 Å². The Morgan fingerprint density at radius 2 is 1.60 bits per heavy atom. The maximum absolute atomic E-state index is 3.89. The Balaban J connectivity index is 1.57. The fraction of sp³-hybridized carbons (Fsp3) is 0.214. The number of hydrogen-bond acceptors (Lipinski definition) is 1. The first-order valence-electron chi connectivity index (χ1n) is 10.9. The third-order valence-corrected chi connectivity index (χ3v) is 7.10. The van der Waals surface area contributed by atoms with Crippen molar-refractivity contribution < 1.29 is 0 Å². The SMILES string of the molecule is Cc1[nH]c2ccccc2c1C1=C[C@]2(C)Nc3ccccc3[C@@H]2[C@@H](c2ccccc2)C1. The Hall–Kier alpha value is -3.26. The fourth-order valence-corrected chi connectivity index (χ4v) is 5.98. The van der Waals surface area contributed by atoms with Crippen LogP contribution >= 0.6 is 0 Å². The monoisotopic (exact) mass is 390 g/mol. The van der Waals surface area contributed by atoms with Gasteiger partial charge in [0, 0.05) is 33.8 Å². The van der Waals surface area contributed by atoms with E-state index in [2.05, 4.69) is 109 Å². The van der Waals surface area contributed by atoms with Gasteiger partial charge in [0.05, 0.1) is 5.54 Å². The van der Waals surface area contributed by atoms with E-state index in [-0.39, 0.29) is 5.54 Å². The highest BCUT2D eigenvalue weighted by Gasteiger charge is 2.48. The molecule has 1 aromatic heterocycles. The Kier molecular flexibility index (Phi) is 3.73. The van der Waals surface area contributed by atoms with Gasteiger partial charge in [-0.05, 0) is 55.0 Å². The Morgan fingerprint density at radius 1 is 0.867 bits per heavy atom. The molecule has 0 saturated heterocycles. The van der Waals surface area contributed by atoms with Crippen molar-refractivity contribution in [1.82, 2.24) is 4.98 Å². The van der Waals surface area contributed by atoms with Crippen molar-refractivity contribution in [1.29, 1.82) is 0 Å². The van der Waals surface area contributed by atoms with E-state index in [9.17, 15) is 0 Å². The standard InChI is InChI=1S/C28H26N2/c1-18-26(21-12-6-8-14-24(21)29-18)20-16-23(19-10-4-3-5-11-19)27-22-13-7-9-15-25(22)30-28(27,2)17-20/h3-15,17,23,27,29-30H,16H2,1-2H3/t23-,27-,28+/m1/s1. The minimum atomic E-state index is -0.109. The highest BCUT2D eigenvalue weighted by molar-refractivity contribution is 5.95. The van der Waals surface area contributed by atoms with Crippen LogP contribution < -0.4 is 5.32 Å². The maximum Gasteiger partial charge on any atom is 0.0609 e. The molecule has 3 aromatic carbocycles.